The SMILES string of the molecule is CN(Cc1cccc(Cl)c1)C(=O)NCCCCC(=O)O. The molecule has 6 heteroatoms. The Morgan fingerprint density at radius 1 is 1.35 bits per heavy atom. The van der Waals surface area contributed by atoms with Crippen molar-refractivity contribution in [1.82, 2.24) is 10.2 Å². The number of aliphatic carboxylic acids is 1. The van der Waals surface area contributed by atoms with Gasteiger partial charge in [-0.2, -0.15) is 0 Å². The number of nitrogens with zero attached hydrogens (tertiary/aromatic N) is 1. The molecule has 110 valence electrons. The Bertz CT molecular complexity index is 465. The maximum atomic E-state index is 11.8. The standard InChI is InChI=1S/C14H19ClN2O3/c1-17(10-11-5-4-6-12(15)9-11)14(20)16-8-3-2-7-13(18)19/h4-6,9H,2-3,7-8,10H2,1H3,(H,16,20)(H,18,19). The molecule has 5 nitrogen and oxygen atoms in total. The molecule has 20 heavy (non-hydrogen) atoms. The summed E-state index contributed by atoms with van der Waals surface area (Å²) in [6, 6.07) is 7.17. The molecular formula is C14H19ClN2O3. The molecule has 0 aliphatic rings. The van der Waals surface area contributed by atoms with Gasteiger partial charge in [0.05, 0.1) is 0 Å². The van der Waals surface area contributed by atoms with E-state index in [4.69, 9.17) is 16.7 Å². The minimum absolute atomic E-state index is 0.133. The molecule has 0 heterocycles. The molecule has 0 aromatic heterocycles. The van der Waals surface area contributed by atoms with Gasteiger partial charge in [0.2, 0.25) is 0 Å². The molecule has 1 rings (SSSR count). The molecule has 0 atom stereocenters. The number of carbonyl (C=O) groups excluding carboxylic acids is 1. The van der Waals surface area contributed by atoms with Crippen molar-refractivity contribution in [2.45, 2.75) is 25.8 Å². The van der Waals surface area contributed by atoms with E-state index in [0.717, 1.165) is 5.56 Å². The normalized spacial score (nSPS) is 10.1. The average Bonchev–Trinajstić information content (AvgIpc) is 2.37. The quantitative estimate of drug-likeness (QED) is 0.760. The van der Waals surface area contributed by atoms with Crippen LogP contribution in [0.2, 0.25) is 5.02 Å². The summed E-state index contributed by atoms with van der Waals surface area (Å²) in [5, 5.41) is 11.9. The number of rotatable bonds is 7. The summed E-state index contributed by atoms with van der Waals surface area (Å²) in [6.45, 7) is 0.952. The number of halogens is 1. The Morgan fingerprint density at radius 3 is 2.75 bits per heavy atom. The highest BCUT2D eigenvalue weighted by Gasteiger charge is 2.08. The summed E-state index contributed by atoms with van der Waals surface area (Å²) in [5.74, 6) is -0.811. The van der Waals surface area contributed by atoms with Gasteiger partial charge in [-0.15, -0.1) is 0 Å². The Balaban J connectivity index is 2.27. The Kier molecular flexibility index (Phi) is 6.87. The third-order valence-electron chi connectivity index (χ3n) is 2.75. The maximum absolute atomic E-state index is 11.8. The molecule has 0 saturated carbocycles. The average molecular weight is 299 g/mol. The largest absolute Gasteiger partial charge is 0.481 e. The van der Waals surface area contributed by atoms with Crippen molar-refractivity contribution in [2.75, 3.05) is 13.6 Å². The molecule has 0 saturated heterocycles. The Labute approximate surface area is 123 Å². The van der Waals surface area contributed by atoms with Crippen LogP contribution >= 0.6 is 11.6 Å². The number of unbranched alkanes of at least 4 members (excludes halogenated alkanes) is 1. The van der Waals surface area contributed by atoms with Crippen LogP contribution in [0.15, 0.2) is 24.3 Å². The monoisotopic (exact) mass is 298 g/mol. The van der Waals surface area contributed by atoms with E-state index in [2.05, 4.69) is 5.32 Å². The number of carboxylic acids is 1. The van der Waals surface area contributed by atoms with Gasteiger partial charge in [-0.1, -0.05) is 23.7 Å². The lowest BCUT2D eigenvalue weighted by atomic mass is 10.2. The van der Waals surface area contributed by atoms with Crippen LogP contribution in [0.25, 0.3) is 0 Å². The Hall–Kier alpha value is -1.75. The summed E-state index contributed by atoms with van der Waals surface area (Å²) in [6.07, 6.45) is 1.35. The van der Waals surface area contributed by atoms with Crippen LogP contribution in [0.3, 0.4) is 0 Å². The lowest BCUT2D eigenvalue weighted by Crippen LogP contribution is -2.37. The fourth-order valence-corrected chi connectivity index (χ4v) is 1.93. The van der Waals surface area contributed by atoms with Crippen LogP contribution in [0.5, 0.6) is 0 Å². The van der Waals surface area contributed by atoms with Gasteiger partial charge < -0.3 is 15.3 Å². The first kappa shape index (κ1) is 16.3. The van der Waals surface area contributed by atoms with E-state index in [9.17, 15) is 9.59 Å². The molecule has 0 aliphatic heterocycles. The van der Waals surface area contributed by atoms with Crippen molar-refractivity contribution in [3.05, 3.63) is 34.9 Å². The van der Waals surface area contributed by atoms with Gasteiger partial charge in [-0.05, 0) is 30.5 Å². The van der Waals surface area contributed by atoms with Gasteiger partial charge in [0.25, 0.3) is 0 Å². The number of carboxylic acid groups (broad SMARTS) is 1. The van der Waals surface area contributed by atoms with E-state index in [0.29, 0.717) is 31.0 Å². The summed E-state index contributed by atoms with van der Waals surface area (Å²) in [7, 11) is 1.70. The first-order valence-corrected chi connectivity index (χ1v) is 6.82. The van der Waals surface area contributed by atoms with E-state index in [1.165, 1.54) is 0 Å². The highest BCUT2D eigenvalue weighted by atomic mass is 35.5. The van der Waals surface area contributed by atoms with E-state index in [-0.39, 0.29) is 12.5 Å². The Morgan fingerprint density at radius 2 is 2.10 bits per heavy atom. The fraction of sp³-hybridized carbons (Fsp3) is 0.429. The van der Waals surface area contributed by atoms with Crippen molar-refractivity contribution in [3.63, 3.8) is 0 Å². The van der Waals surface area contributed by atoms with Crippen molar-refractivity contribution in [3.8, 4) is 0 Å². The van der Waals surface area contributed by atoms with Crippen molar-refractivity contribution in [1.29, 1.82) is 0 Å². The van der Waals surface area contributed by atoms with Gasteiger partial charge in [0.1, 0.15) is 0 Å². The predicted octanol–water partition coefficient (Wildman–Crippen LogP) is 2.74. The van der Waals surface area contributed by atoms with Crippen LogP contribution in [-0.4, -0.2) is 35.6 Å². The summed E-state index contributed by atoms with van der Waals surface area (Å²) < 4.78 is 0. The second kappa shape index (κ2) is 8.43. The van der Waals surface area contributed by atoms with Crippen molar-refractivity contribution in [2.24, 2.45) is 0 Å². The number of urea groups is 1. The van der Waals surface area contributed by atoms with Crippen LogP contribution in [-0.2, 0) is 11.3 Å². The predicted molar refractivity (Wildman–Crippen MR) is 77.8 cm³/mol. The molecule has 0 radical (unpaired) electrons. The molecular weight excluding hydrogens is 280 g/mol. The summed E-state index contributed by atoms with van der Waals surface area (Å²) >= 11 is 5.88. The third-order valence-corrected chi connectivity index (χ3v) is 2.98. The van der Waals surface area contributed by atoms with E-state index < -0.39 is 5.97 Å². The zero-order valence-electron chi connectivity index (χ0n) is 11.4. The number of nitrogens with one attached hydrogen (secondary N) is 1. The topological polar surface area (TPSA) is 69.6 Å². The van der Waals surface area contributed by atoms with Gasteiger partial charge in [0, 0.05) is 31.6 Å². The molecule has 1 aromatic carbocycles. The third kappa shape index (κ3) is 6.43. The number of carbonyl (C=O) groups is 2. The van der Waals surface area contributed by atoms with Crippen LogP contribution in [0, 0.1) is 0 Å². The zero-order chi connectivity index (χ0) is 15.0. The maximum Gasteiger partial charge on any atom is 0.317 e. The van der Waals surface area contributed by atoms with Crippen LogP contribution in [0.4, 0.5) is 4.79 Å². The first-order chi connectivity index (χ1) is 9.49. The molecule has 2 amide bonds. The summed E-state index contributed by atoms with van der Waals surface area (Å²) in [4.78, 5) is 23.7. The number of hydrogen-bond acceptors (Lipinski definition) is 2. The number of hydrogen-bond donors (Lipinski definition) is 2. The highest BCUT2D eigenvalue weighted by molar-refractivity contribution is 6.30. The van der Waals surface area contributed by atoms with Gasteiger partial charge in [0.15, 0.2) is 0 Å². The molecule has 0 fully saturated rings. The number of benzene rings is 1. The molecule has 0 unspecified atom stereocenters. The van der Waals surface area contributed by atoms with E-state index in [1.807, 2.05) is 18.2 Å². The molecule has 2 N–H and O–H groups in total. The van der Waals surface area contributed by atoms with E-state index in [1.54, 1.807) is 18.0 Å². The molecule has 0 spiro atoms. The smallest absolute Gasteiger partial charge is 0.317 e. The minimum Gasteiger partial charge on any atom is -0.481 e. The first-order valence-electron chi connectivity index (χ1n) is 6.44. The van der Waals surface area contributed by atoms with E-state index >= 15 is 0 Å². The van der Waals surface area contributed by atoms with Crippen LogP contribution in [0.1, 0.15) is 24.8 Å². The second-order valence-electron chi connectivity index (χ2n) is 4.57. The van der Waals surface area contributed by atoms with Crippen LogP contribution < -0.4 is 5.32 Å². The van der Waals surface area contributed by atoms with Gasteiger partial charge in [-0.25, -0.2) is 4.79 Å². The molecule has 0 aliphatic carbocycles. The lowest BCUT2D eigenvalue weighted by molar-refractivity contribution is -0.137. The van der Waals surface area contributed by atoms with Gasteiger partial charge >= 0.3 is 12.0 Å². The molecule has 1 aromatic rings. The number of amides is 2. The summed E-state index contributed by atoms with van der Waals surface area (Å²) in [5.41, 5.74) is 0.959. The fourth-order valence-electron chi connectivity index (χ4n) is 1.71. The zero-order valence-corrected chi connectivity index (χ0v) is 12.2. The van der Waals surface area contributed by atoms with Crippen molar-refractivity contribution < 1.29 is 14.7 Å². The second-order valence-corrected chi connectivity index (χ2v) is 5.01. The van der Waals surface area contributed by atoms with Gasteiger partial charge in [-0.3, -0.25) is 4.79 Å². The highest BCUT2D eigenvalue weighted by Crippen LogP contribution is 2.12. The van der Waals surface area contributed by atoms with Crippen molar-refractivity contribution >= 4 is 23.6 Å². The molecule has 0 bridgehead atoms. The minimum atomic E-state index is -0.811. The lowest BCUT2D eigenvalue weighted by Gasteiger charge is -2.18.